The fraction of sp³-hybridized carbons (Fsp3) is 0.357. The van der Waals surface area contributed by atoms with E-state index in [2.05, 4.69) is 4.99 Å². The van der Waals surface area contributed by atoms with E-state index in [4.69, 9.17) is 10.00 Å². The maximum Gasteiger partial charge on any atom is 0.330 e. The van der Waals surface area contributed by atoms with Gasteiger partial charge in [-0.3, -0.25) is 4.99 Å². The van der Waals surface area contributed by atoms with Crippen molar-refractivity contribution in [3.05, 3.63) is 35.9 Å². The van der Waals surface area contributed by atoms with Crippen molar-refractivity contribution in [1.82, 2.24) is 0 Å². The average molecular weight is 244 g/mol. The third-order valence-electron chi connectivity index (χ3n) is 2.54. The Morgan fingerprint density at radius 1 is 1.44 bits per heavy atom. The van der Waals surface area contributed by atoms with E-state index in [1.807, 2.05) is 43.3 Å². The molecule has 0 aliphatic heterocycles. The summed E-state index contributed by atoms with van der Waals surface area (Å²) in [4.78, 5) is 15.9. The van der Waals surface area contributed by atoms with Crippen LogP contribution in [0, 0.1) is 11.3 Å². The highest BCUT2D eigenvalue weighted by molar-refractivity contribution is 5.99. The molecule has 94 valence electrons. The second kappa shape index (κ2) is 7.23. The first-order valence-electron chi connectivity index (χ1n) is 5.73. The van der Waals surface area contributed by atoms with E-state index in [1.54, 1.807) is 0 Å². The van der Waals surface area contributed by atoms with Crippen LogP contribution in [0.25, 0.3) is 0 Å². The summed E-state index contributed by atoms with van der Waals surface area (Å²) >= 11 is 0. The fourth-order valence-electron chi connectivity index (χ4n) is 1.56. The Kier molecular flexibility index (Phi) is 5.59. The molecular weight excluding hydrogens is 228 g/mol. The second-order valence-corrected chi connectivity index (χ2v) is 3.82. The van der Waals surface area contributed by atoms with Crippen molar-refractivity contribution in [2.45, 2.75) is 25.8 Å². The molecule has 18 heavy (non-hydrogen) atoms. The van der Waals surface area contributed by atoms with Gasteiger partial charge < -0.3 is 4.74 Å². The summed E-state index contributed by atoms with van der Waals surface area (Å²) in [6, 6.07) is 11.0. The Balaban J connectivity index is 2.87. The lowest BCUT2D eigenvalue weighted by Gasteiger charge is -2.10. The minimum absolute atomic E-state index is 0.283. The molecule has 4 heteroatoms. The number of rotatable bonds is 5. The number of aliphatic imine (C=N–C) groups is 1. The van der Waals surface area contributed by atoms with Gasteiger partial charge in [-0.25, -0.2) is 4.79 Å². The lowest BCUT2D eigenvalue weighted by Crippen LogP contribution is -2.21. The SMILES string of the molecule is COC(=O)C(CCC#N)N=C(C)c1ccccc1. The average Bonchev–Trinajstić information content (AvgIpc) is 2.43. The number of nitrogens with zero attached hydrogens (tertiary/aromatic N) is 2. The normalized spacial score (nSPS) is 12.6. The predicted molar refractivity (Wildman–Crippen MR) is 69.3 cm³/mol. The summed E-state index contributed by atoms with van der Waals surface area (Å²) in [5, 5.41) is 8.57. The highest BCUT2D eigenvalue weighted by atomic mass is 16.5. The zero-order valence-corrected chi connectivity index (χ0v) is 10.6. The van der Waals surface area contributed by atoms with Crippen LogP contribution in [-0.2, 0) is 9.53 Å². The van der Waals surface area contributed by atoms with Crippen molar-refractivity contribution in [1.29, 1.82) is 5.26 Å². The molecule has 1 unspecified atom stereocenters. The van der Waals surface area contributed by atoms with Crippen LogP contribution in [0.15, 0.2) is 35.3 Å². The predicted octanol–water partition coefficient (Wildman–Crippen LogP) is 2.34. The number of benzene rings is 1. The van der Waals surface area contributed by atoms with E-state index < -0.39 is 12.0 Å². The Morgan fingerprint density at radius 2 is 2.11 bits per heavy atom. The van der Waals surface area contributed by atoms with Crippen LogP contribution >= 0.6 is 0 Å². The minimum atomic E-state index is -0.602. The zero-order chi connectivity index (χ0) is 13.4. The first-order chi connectivity index (χ1) is 8.69. The third kappa shape index (κ3) is 4.02. The molecule has 4 nitrogen and oxygen atoms in total. The number of carbonyl (C=O) groups excluding carboxylic acids is 1. The van der Waals surface area contributed by atoms with Gasteiger partial charge in [-0.15, -0.1) is 0 Å². The first-order valence-corrected chi connectivity index (χ1v) is 5.73. The monoisotopic (exact) mass is 244 g/mol. The molecule has 0 saturated heterocycles. The van der Waals surface area contributed by atoms with Gasteiger partial charge in [0.25, 0.3) is 0 Å². The largest absolute Gasteiger partial charge is 0.467 e. The molecule has 1 aromatic rings. The van der Waals surface area contributed by atoms with Crippen LogP contribution < -0.4 is 0 Å². The van der Waals surface area contributed by atoms with Gasteiger partial charge in [0, 0.05) is 12.1 Å². The highest BCUT2D eigenvalue weighted by Crippen LogP contribution is 2.08. The second-order valence-electron chi connectivity index (χ2n) is 3.82. The number of hydrogen-bond acceptors (Lipinski definition) is 4. The molecule has 0 amide bonds. The molecule has 0 fully saturated rings. The van der Waals surface area contributed by atoms with Crippen LogP contribution in [-0.4, -0.2) is 24.8 Å². The summed E-state index contributed by atoms with van der Waals surface area (Å²) in [6.45, 7) is 1.84. The van der Waals surface area contributed by atoms with Gasteiger partial charge in [0.05, 0.1) is 13.2 Å². The zero-order valence-electron chi connectivity index (χ0n) is 10.6. The lowest BCUT2D eigenvalue weighted by molar-refractivity contribution is -0.142. The van der Waals surface area contributed by atoms with Gasteiger partial charge in [0.1, 0.15) is 6.04 Å². The summed E-state index contributed by atoms with van der Waals surface area (Å²) in [5.74, 6) is -0.402. The maximum absolute atomic E-state index is 11.5. The number of methoxy groups -OCH3 is 1. The van der Waals surface area contributed by atoms with Crippen molar-refractivity contribution in [2.24, 2.45) is 4.99 Å². The Bertz CT molecular complexity index is 460. The van der Waals surface area contributed by atoms with Crippen molar-refractivity contribution < 1.29 is 9.53 Å². The molecule has 1 aromatic carbocycles. The van der Waals surface area contributed by atoms with E-state index >= 15 is 0 Å². The maximum atomic E-state index is 11.5. The van der Waals surface area contributed by atoms with E-state index in [0.29, 0.717) is 6.42 Å². The molecule has 0 aliphatic carbocycles. The van der Waals surface area contributed by atoms with E-state index in [9.17, 15) is 4.79 Å². The standard InChI is InChI=1S/C14H16N2O2/c1-11(12-7-4-3-5-8-12)16-13(9-6-10-15)14(17)18-2/h3-5,7-8,13H,6,9H2,1-2H3. The molecule has 0 radical (unpaired) electrons. The quantitative estimate of drug-likeness (QED) is 0.590. The van der Waals surface area contributed by atoms with Crippen molar-refractivity contribution in [3.8, 4) is 6.07 Å². The summed E-state index contributed by atoms with van der Waals surface area (Å²) < 4.78 is 4.69. The van der Waals surface area contributed by atoms with E-state index in [0.717, 1.165) is 11.3 Å². The van der Waals surface area contributed by atoms with Crippen LogP contribution in [0.3, 0.4) is 0 Å². The number of nitriles is 1. The molecule has 0 heterocycles. The first kappa shape index (κ1) is 13.9. The van der Waals surface area contributed by atoms with Crippen molar-refractivity contribution in [3.63, 3.8) is 0 Å². The van der Waals surface area contributed by atoms with Crippen LogP contribution in [0.4, 0.5) is 0 Å². The molecule has 0 N–H and O–H groups in total. The molecule has 0 saturated carbocycles. The summed E-state index contributed by atoms with van der Waals surface area (Å²) in [5.41, 5.74) is 1.73. The smallest absolute Gasteiger partial charge is 0.330 e. The Labute approximate surface area is 107 Å². The summed E-state index contributed by atoms with van der Waals surface area (Å²) in [7, 11) is 1.33. The van der Waals surface area contributed by atoms with E-state index in [1.165, 1.54) is 7.11 Å². The molecule has 1 rings (SSSR count). The van der Waals surface area contributed by atoms with Crippen LogP contribution in [0.1, 0.15) is 25.3 Å². The number of esters is 1. The van der Waals surface area contributed by atoms with Crippen molar-refractivity contribution in [2.75, 3.05) is 7.11 Å². The highest BCUT2D eigenvalue weighted by Gasteiger charge is 2.17. The van der Waals surface area contributed by atoms with Gasteiger partial charge in [0.15, 0.2) is 0 Å². The molecule has 0 spiro atoms. The molecule has 1 atom stereocenters. The lowest BCUT2D eigenvalue weighted by atomic mass is 10.1. The number of carbonyl (C=O) groups is 1. The van der Waals surface area contributed by atoms with Crippen LogP contribution in [0.5, 0.6) is 0 Å². The fourth-order valence-corrected chi connectivity index (χ4v) is 1.56. The molecule has 0 aliphatic rings. The van der Waals surface area contributed by atoms with E-state index in [-0.39, 0.29) is 6.42 Å². The van der Waals surface area contributed by atoms with Gasteiger partial charge in [0.2, 0.25) is 0 Å². The Morgan fingerprint density at radius 3 is 2.67 bits per heavy atom. The summed E-state index contributed by atoms with van der Waals surface area (Å²) in [6.07, 6.45) is 0.665. The minimum Gasteiger partial charge on any atom is -0.467 e. The van der Waals surface area contributed by atoms with Gasteiger partial charge in [-0.1, -0.05) is 30.3 Å². The van der Waals surface area contributed by atoms with Crippen LogP contribution in [0.2, 0.25) is 0 Å². The van der Waals surface area contributed by atoms with Gasteiger partial charge in [-0.05, 0) is 18.9 Å². The molecular formula is C14H16N2O2. The van der Waals surface area contributed by atoms with Gasteiger partial charge in [-0.2, -0.15) is 5.26 Å². The molecule has 0 aromatic heterocycles. The third-order valence-corrected chi connectivity index (χ3v) is 2.54. The molecule has 0 bridgehead atoms. The Hall–Kier alpha value is -2.15. The number of ether oxygens (including phenoxy) is 1. The van der Waals surface area contributed by atoms with Crippen molar-refractivity contribution >= 4 is 11.7 Å². The number of hydrogen-bond donors (Lipinski definition) is 0. The van der Waals surface area contributed by atoms with Gasteiger partial charge >= 0.3 is 5.97 Å². The topological polar surface area (TPSA) is 62.5 Å².